The summed E-state index contributed by atoms with van der Waals surface area (Å²) < 4.78 is 5.38. The maximum absolute atomic E-state index is 11.9. The third-order valence-electron chi connectivity index (χ3n) is 3.65. The minimum atomic E-state index is -0.267. The maximum atomic E-state index is 11.9. The summed E-state index contributed by atoms with van der Waals surface area (Å²) in [6, 6.07) is 11.0. The van der Waals surface area contributed by atoms with E-state index >= 15 is 0 Å². The highest BCUT2D eigenvalue weighted by Crippen LogP contribution is 2.25. The molecule has 0 unspecified atom stereocenters. The van der Waals surface area contributed by atoms with Crippen molar-refractivity contribution in [2.45, 2.75) is 33.1 Å². The van der Waals surface area contributed by atoms with Crippen molar-refractivity contribution in [1.82, 2.24) is 0 Å². The quantitative estimate of drug-likeness (QED) is 0.823. The molecular formula is C18H18N2O3. The van der Waals surface area contributed by atoms with Gasteiger partial charge in [0.2, 0.25) is 11.8 Å². The van der Waals surface area contributed by atoms with E-state index in [9.17, 15) is 9.59 Å². The van der Waals surface area contributed by atoms with E-state index < -0.39 is 0 Å². The Labute approximate surface area is 134 Å². The van der Waals surface area contributed by atoms with Crippen LogP contribution in [0.3, 0.4) is 0 Å². The number of furan rings is 1. The van der Waals surface area contributed by atoms with Crippen molar-refractivity contribution >= 4 is 17.6 Å². The summed E-state index contributed by atoms with van der Waals surface area (Å²) in [6.45, 7) is 3.51. The zero-order chi connectivity index (χ0) is 16.8. The first-order valence-corrected chi connectivity index (χ1v) is 7.41. The Morgan fingerprint density at radius 1 is 1.17 bits per heavy atom. The first-order valence-electron chi connectivity index (χ1n) is 7.41. The smallest absolute Gasteiger partial charge is 0.226 e. The van der Waals surface area contributed by atoms with Crippen molar-refractivity contribution in [3.05, 3.63) is 52.8 Å². The Balaban J connectivity index is 1.86. The summed E-state index contributed by atoms with van der Waals surface area (Å²) in [5.74, 6) is 0.537. The van der Waals surface area contributed by atoms with Gasteiger partial charge in [-0.1, -0.05) is 30.3 Å². The molecule has 2 aromatic rings. The van der Waals surface area contributed by atoms with E-state index in [0.29, 0.717) is 29.7 Å². The molecule has 0 saturated heterocycles. The van der Waals surface area contributed by atoms with E-state index in [0.717, 1.165) is 5.56 Å². The summed E-state index contributed by atoms with van der Waals surface area (Å²) in [4.78, 5) is 23.9. The fourth-order valence-corrected chi connectivity index (χ4v) is 2.22. The van der Waals surface area contributed by atoms with Crippen molar-refractivity contribution in [3.8, 4) is 6.07 Å². The molecule has 0 saturated carbocycles. The zero-order valence-electron chi connectivity index (χ0n) is 13.2. The number of aryl methyl sites for hydroxylation is 1. The van der Waals surface area contributed by atoms with Crippen molar-refractivity contribution < 1.29 is 14.0 Å². The van der Waals surface area contributed by atoms with Gasteiger partial charge in [-0.3, -0.25) is 14.9 Å². The number of benzene rings is 1. The zero-order valence-corrected chi connectivity index (χ0v) is 13.2. The monoisotopic (exact) mass is 310 g/mol. The Morgan fingerprint density at radius 3 is 2.52 bits per heavy atom. The highest BCUT2D eigenvalue weighted by Gasteiger charge is 2.16. The lowest BCUT2D eigenvalue weighted by molar-refractivity contribution is -0.116. The molecule has 0 fully saturated rings. The fourth-order valence-electron chi connectivity index (χ4n) is 2.22. The van der Waals surface area contributed by atoms with Crippen LogP contribution in [0.2, 0.25) is 0 Å². The predicted molar refractivity (Wildman–Crippen MR) is 86.2 cm³/mol. The molecule has 0 atom stereocenters. The largest absolute Gasteiger partial charge is 0.444 e. The Bertz CT molecular complexity index is 755. The number of Topliss-reactive ketones (excluding diaryl/α,β-unsaturated/α-hetero) is 1. The van der Waals surface area contributed by atoms with Gasteiger partial charge in [0.15, 0.2) is 5.78 Å². The number of carbonyl (C=O) groups is 2. The summed E-state index contributed by atoms with van der Waals surface area (Å²) >= 11 is 0. The Hall–Kier alpha value is -2.87. The summed E-state index contributed by atoms with van der Waals surface area (Å²) in [5, 5.41) is 11.7. The normalized spacial score (nSPS) is 10.1. The van der Waals surface area contributed by atoms with E-state index in [1.165, 1.54) is 0 Å². The number of nitrogens with zero attached hydrogens (tertiary/aromatic N) is 1. The third-order valence-corrected chi connectivity index (χ3v) is 3.65. The second-order valence-corrected chi connectivity index (χ2v) is 5.29. The van der Waals surface area contributed by atoms with Gasteiger partial charge in [-0.15, -0.1) is 0 Å². The van der Waals surface area contributed by atoms with Crippen LogP contribution in [-0.4, -0.2) is 11.7 Å². The third kappa shape index (κ3) is 4.07. The van der Waals surface area contributed by atoms with Crippen LogP contribution in [0, 0.1) is 25.2 Å². The number of ketones is 1. The second-order valence-electron chi connectivity index (χ2n) is 5.29. The first-order chi connectivity index (χ1) is 11.0. The minimum absolute atomic E-state index is 0.0146. The van der Waals surface area contributed by atoms with Gasteiger partial charge in [0, 0.05) is 24.0 Å². The predicted octanol–water partition coefficient (Wildman–Crippen LogP) is 3.76. The van der Waals surface area contributed by atoms with Crippen molar-refractivity contribution in [1.29, 1.82) is 5.26 Å². The van der Waals surface area contributed by atoms with Gasteiger partial charge < -0.3 is 4.42 Å². The summed E-state index contributed by atoms with van der Waals surface area (Å²) in [6.07, 6.45) is 0.946. The SMILES string of the molecule is Cc1oc(NC(=O)CCCC(=O)c2ccccc2)c(C#N)c1C. The molecule has 118 valence electrons. The van der Waals surface area contributed by atoms with Gasteiger partial charge >= 0.3 is 0 Å². The van der Waals surface area contributed by atoms with Crippen LogP contribution in [0.4, 0.5) is 5.88 Å². The number of anilines is 1. The lowest BCUT2D eigenvalue weighted by Crippen LogP contribution is -2.12. The van der Waals surface area contributed by atoms with Crippen molar-refractivity contribution in [2.75, 3.05) is 5.32 Å². The molecule has 5 nitrogen and oxygen atoms in total. The van der Waals surface area contributed by atoms with Crippen LogP contribution in [0.15, 0.2) is 34.7 Å². The molecule has 0 spiro atoms. The van der Waals surface area contributed by atoms with Crippen LogP contribution in [-0.2, 0) is 4.79 Å². The molecule has 23 heavy (non-hydrogen) atoms. The van der Waals surface area contributed by atoms with Crippen LogP contribution >= 0.6 is 0 Å². The summed E-state index contributed by atoms with van der Waals surface area (Å²) in [7, 11) is 0. The van der Waals surface area contributed by atoms with Crippen LogP contribution in [0.5, 0.6) is 0 Å². The van der Waals surface area contributed by atoms with Gasteiger partial charge in [0.05, 0.1) is 0 Å². The van der Waals surface area contributed by atoms with E-state index in [1.807, 2.05) is 24.3 Å². The molecule has 1 amide bonds. The molecule has 0 aliphatic rings. The summed E-state index contributed by atoms with van der Waals surface area (Å²) in [5.41, 5.74) is 1.72. The van der Waals surface area contributed by atoms with E-state index in [1.54, 1.807) is 26.0 Å². The molecule has 1 N–H and O–H groups in total. The second kappa shape index (κ2) is 7.41. The lowest BCUT2D eigenvalue weighted by atomic mass is 10.1. The average Bonchev–Trinajstić information content (AvgIpc) is 2.81. The number of nitrogens with one attached hydrogen (secondary N) is 1. The first kappa shape index (κ1) is 16.5. The maximum Gasteiger partial charge on any atom is 0.226 e. The lowest BCUT2D eigenvalue weighted by Gasteiger charge is -2.03. The van der Waals surface area contributed by atoms with Crippen LogP contribution < -0.4 is 5.32 Å². The van der Waals surface area contributed by atoms with Crippen LogP contribution in [0.1, 0.15) is 46.5 Å². The van der Waals surface area contributed by atoms with E-state index in [4.69, 9.17) is 9.68 Å². The van der Waals surface area contributed by atoms with Gasteiger partial charge in [0.25, 0.3) is 0 Å². The van der Waals surface area contributed by atoms with Crippen molar-refractivity contribution in [3.63, 3.8) is 0 Å². The van der Waals surface area contributed by atoms with Gasteiger partial charge in [-0.25, -0.2) is 0 Å². The molecular weight excluding hydrogens is 292 g/mol. The molecule has 1 aromatic carbocycles. The number of nitriles is 1. The highest BCUT2D eigenvalue weighted by atomic mass is 16.4. The molecule has 0 aliphatic heterocycles. The minimum Gasteiger partial charge on any atom is -0.444 e. The van der Waals surface area contributed by atoms with Crippen LogP contribution in [0.25, 0.3) is 0 Å². The number of rotatable bonds is 6. The topological polar surface area (TPSA) is 83.1 Å². The molecule has 0 bridgehead atoms. The van der Waals surface area contributed by atoms with Gasteiger partial charge in [0.1, 0.15) is 17.4 Å². The van der Waals surface area contributed by atoms with Gasteiger partial charge in [-0.2, -0.15) is 5.26 Å². The van der Waals surface area contributed by atoms with E-state index in [2.05, 4.69) is 5.32 Å². The van der Waals surface area contributed by atoms with Gasteiger partial charge in [-0.05, 0) is 20.3 Å². The highest BCUT2D eigenvalue weighted by molar-refractivity contribution is 5.96. The number of hydrogen-bond donors (Lipinski definition) is 1. The number of amides is 1. The fraction of sp³-hybridized carbons (Fsp3) is 0.278. The number of hydrogen-bond acceptors (Lipinski definition) is 4. The standard InChI is InChI=1S/C18H18N2O3/c1-12-13(2)23-18(15(12)11-19)20-17(22)10-6-9-16(21)14-7-4-3-5-8-14/h3-5,7-8H,6,9-10H2,1-2H3,(H,20,22). The molecule has 2 rings (SSSR count). The number of carbonyl (C=O) groups excluding carboxylic acids is 2. The Kier molecular flexibility index (Phi) is 5.32. The average molecular weight is 310 g/mol. The molecule has 5 heteroatoms. The molecule has 1 aromatic heterocycles. The molecule has 1 heterocycles. The molecule has 0 aliphatic carbocycles. The Morgan fingerprint density at radius 2 is 1.87 bits per heavy atom. The van der Waals surface area contributed by atoms with Crippen molar-refractivity contribution in [2.24, 2.45) is 0 Å². The van der Waals surface area contributed by atoms with E-state index in [-0.39, 0.29) is 24.0 Å². The molecule has 0 radical (unpaired) electrons.